The summed E-state index contributed by atoms with van der Waals surface area (Å²) < 4.78 is 0. The van der Waals surface area contributed by atoms with Gasteiger partial charge in [-0.1, -0.05) is 26.8 Å². The van der Waals surface area contributed by atoms with Crippen LogP contribution in [0.25, 0.3) is 0 Å². The Balaban J connectivity index is 4.22. The third kappa shape index (κ3) is 3.56. The van der Waals surface area contributed by atoms with Gasteiger partial charge >= 0.3 is 5.97 Å². The van der Waals surface area contributed by atoms with Crippen LogP contribution in [-0.4, -0.2) is 11.1 Å². The first-order valence-electron chi connectivity index (χ1n) is 4.34. The Hall–Kier alpha value is -0.790. The average Bonchev–Trinajstić information content (AvgIpc) is 1.98. The molecule has 0 heterocycles. The van der Waals surface area contributed by atoms with Crippen molar-refractivity contribution >= 4 is 5.97 Å². The van der Waals surface area contributed by atoms with Gasteiger partial charge in [-0.3, -0.25) is 4.79 Å². The largest absolute Gasteiger partial charge is 0.481 e. The maximum Gasteiger partial charge on any atom is 0.307 e. The van der Waals surface area contributed by atoms with Crippen molar-refractivity contribution < 1.29 is 9.90 Å². The Kier molecular flexibility index (Phi) is 4.64. The Morgan fingerprint density at radius 2 is 2.00 bits per heavy atom. The summed E-state index contributed by atoms with van der Waals surface area (Å²) in [4.78, 5) is 10.8. The molecule has 0 aromatic rings. The lowest BCUT2D eigenvalue weighted by Crippen LogP contribution is -2.21. The molecule has 0 saturated heterocycles. The van der Waals surface area contributed by atoms with E-state index in [-0.39, 0.29) is 11.8 Å². The van der Waals surface area contributed by atoms with E-state index >= 15 is 0 Å². The number of hydrogen-bond donors (Lipinski definition) is 1. The number of allylic oxidation sites excluding steroid dienone is 1. The average molecular weight is 170 g/mol. The maximum atomic E-state index is 10.8. The van der Waals surface area contributed by atoms with Crippen molar-refractivity contribution in [1.29, 1.82) is 0 Å². The number of aliphatic carboxylic acids is 1. The summed E-state index contributed by atoms with van der Waals surface area (Å²) in [5.74, 6) is -0.503. The molecule has 0 amide bonds. The Morgan fingerprint density at radius 1 is 1.50 bits per heavy atom. The van der Waals surface area contributed by atoms with E-state index in [1.807, 2.05) is 20.8 Å². The number of carboxylic acids is 1. The van der Waals surface area contributed by atoms with Gasteiger partial charge in [-0.2, -0.15) is 0 Å². The second-order valence-corrected chi connectivity index (χ2v) is 3.67. The van der Waals surface area contributed by atoms with Crippen molar-refractivity contribution in [3.8, 4) is 0 Å². The third-order valence-electron chi connectivity index (χ3n) is 2.05. The summed E-state index contributed by atoms with van der Waals surface area (Å²) in [7, 11) is 0. The molecular weight excluding hydrogens is 152 g/mol. The topological polar surface area (TPSA) is 37.3 Å². The van der Waals surface area contributed by atoms with Gasteiger partial charge < -0.3 is 5.11 Å². The van der Waals surface area contributed by atoms with Crippen LogP contribution in [0, 0.1) is 17.8 Å². The second kappa shape index (κ2) is 4.96. The van der Waals surface area contributed by atoms with Crippen LogP contribution >= 0.6 is 0 Å². The molecule has 1 N–H and O–H groups in total. The molecule has 0 aliphatic carbocycles. The van der Waals surface area contributed by atoms with E-state index in [4.69, 9.17) is 5.11 Å². The molecule has 70 valence electrons. The third-order valence-corrected chi connectivity index (χ3v) is 2.05. The zero-order valence-corrected chi connectivity index (χ0v) is 8.08. The minimum Gasteiger partial charge on any atom is -0.481 e. The van der Waals surface area contributed by atoms with E-state index in [2.05, 4.69) is 6.58 Å². The summed E-state index contributed by atoms with van der Waals surface area (Å²) in [6.07, 6.45) is 2.43. The van der Waals surface area contributed by atoms with Crippen LogP contribution in [0.5, 0.6) is 0 Å². The van der Waals surface area contributed by atoms with E-state index < -0.39 is 5.97 Å². The first-order valence-corrected chi connectivity index (χ1v) is 4.34. The van der Waals surface area contributed by atoms with Crippen LogP contribution in [0.2, 0.25) is 0 Å². The monoisotopic (exact) mass is 170 g/mol. The number of rotatable bonds is 5. The van der Waals surface area contributed by atoms with Crippen molar-refractivity contribution in [3.05, 3.63) is 12.7 Å². The summed E-state index contributed by atoms with van der Waals surface area (Å²) in [5.41, 5.74) is 0. The fraction of sp³-hybridized carbons (Fsp3) is 0.700. The molecule has 0 radical (unpaired) electrons. The minimum atomic E-state index is -0.712. The lowest BCUT2D eigenvalue weighted by atomic mass is 9.87. The molecule has 0 aromatic heterocycles. The molecule has 0 spiro atoms. The number of carbonyl (C=O) groups is 1. The van der Waals surface area contributed by atoms with Crippen LogP contribution in [0.3, 0.4) is 0 Å². The van der Waals surface area contributed by atoms with Gasteiger partial charge in [-0.05, 0) is 18.3 Å². The van der Waals surface area contributed by atoms with Gasteiger partial charge in [0.05, 0.1) is 5.92 Å². The van der Waals surface area contributed by atoms with Crippen molar-refractivity contribution in [1.82, 2.24) is 0 Å². The Morgan fingerprint density at radius 3 is 2.25 bits per heavy atom. The molecule has 0 unspecified atom stereocenters. The summed E-state index contributed by atoms with van der Waals surface area (Å²) >= 11 is 0. The fourth-order valence-corrected chi connectivity index (χ4v) is 1.21. The minimum absolute atomic E-state index is 0.0601. The van der Waals surface area contributed by atoms with E-state index in [0.717, 1.165) is 6.42 Å². The van der Waals surface area contributed by atoms with Crippen molar-refractivity contribution in [2.45, 2.75) is 27.2 Å². The molecule has 0 aliphatic heterocycles. The molecule has 2 nitrogen and oxygen atoms in total. The van der Waals surface area contributed by atoms with E-state index in [1.165, 1.54) is 0 Å². The molecule has 2 atom stereocenters. The van der Waals surface area contributed by atoms with Crippen LogP contribution in [0.1, 0.15) is 27.2 Å². The van der Waals surface area contributed by atoms with Crippen molar-refractivity contribution in [2.24, 2.45) is 17.8 Å². The molecule has 0 fully saturated rings. The highest BCUT2D eigenvalue weighted by Gasteiger charge is 2.23. The molecule has 12 heavy (non-hydrogen) atoms. The van der Waals surface area contributed by atoms with Gasteiger partial charge in [0.2, 0.25) is 0 Å². The van der Waals surface area contributed by atoms with Gasteiger partial charge in [-0.15, -0.1) is 6.58 Å². The molecule has 0 aliphatic rings. The number of carboxylic acid groups (broad SMARTS) is 1. The Bertz CT molecular complexity index is 161. The van der Waals surface area contributed by atoms with Crippen LogP contribution in [0.4, 0.5) is 0 Å². The smallest absolute Gasteiger partial charge is 0.307 e. The van der Waals surface area contributed by atoms with Gasteiger partial charge in [0.1, 0.15) is 0 Å². The second-order valence-electron chi connectivity index (χ2n) is 3.67. The van der Waals surface area contributed by atoms with Crippen LogP contribution in [0.15, 0.2) is 12.7 Å². The first-order chi connectivity index (χ1) is 5.49. The van der Waals surface area contributed by atoms with E-state index in [1.54, 1.807) is 6.08 Å². The summed E-state index contributed by atoms with van der Waals surface area (Å²) in [5, 5.41) is 8.88. The lowest BCUT2D eigenvalue weighted by Gasteiger charge is -2.18. The molecule has 0 saturated carbocycles. The van der Waals surface area contributed by atoms with E-state index in [0.29, 0.717) is 5.92 Å². The van der Waals surface area contributed by atoms with Crippen molar-refractivity contribution in [3.63, 3.8) is 0 Å². The Labute approximate surface area is 74.3 Å². The van der Waals surface area contributed by atoms with Gasteiger partial charge in [0.15, 0.2) is 0 Å². The van der Waals surface area contributed by atoms with Gasteiger partial charge in [0.25, 0.3) is 0 Å². The zero-order valence-electron chi connectivity index (χ0n) is 8.08. The highest BCUT2D eigenvalue weighted by Crippen LogP contribution is 2.21. The van der Waals surface area contributed by atoms with Crippen LogP contribution < -0.4 is 0 Å². The summed E-state index contributed by atoms with van der Waals surface area (Å²) in [6, 6.07) is 0. The highest BCUT2D eigenvalue weighted by atomic mass is 16.4. The maximum absolute atomic E-state index is 10.8. The quantitative estimate of drug-likeness (QED) is 0.644. The predicted octanol–water partition coefficient (Wildman–Crippen LogP) is 2.56. The zero-order chi connectivity index (χ0) is 9.72. The van der Waals surface area contributed by atoms with Crippen molar-refractivity contribution in [2.75, 3.05) is 0 Å². The SMILES string of the molecule is C=C[C@@H](C)[C@H](CC(C)C)C(=O)O. The highest BCUT2D eigenvalue weighted by molar-refractivity contribution is 5.70. The lowest BCUT2D eigenvalue weighted by molar-refractivity contribution is -0.143. The first kappa shape index (κ1) is 11.2. The standard InChI is InChI=1S/C10H18O2/c1-5-8(4)9(10(11)12)6-7(2)3/h5,7-9H,1,6H2,2-4H3,(H,11,12)/t8-,9+/m1/s1. The summed E-state index contributed by atoms with van der Waals surface area (Å²) in [6.45, 7) is 9.57. The van der Waals surface area contributed by atoms with E-state index in [9.17, 15) is 4.79 Å². The molecule has 0 rings (SSSR count). The van der Waals surface area contributed by atoms with Gasteiger partial charge in [-0.25, -0.2) is 0 Å². The molecule has 2 heteroatoms. The number of hydrogen-bond acceptors (Lipinski definition) is 1. The normalized spacial score (nSPS) is 15.7. The predicted molar refractivity (Wildman–Crippen MR) is 49.9 cm³/mol. The van der Waals surface area contributed by atoms with Gasteiger partial charge in [0, 0.05) is 0 Å². The molecule has 0 bridgehead atoms. The molecule has 0 aromatic carbocycles. The van der Waals surface area contributed by atoms with Crippen LogP contribution in [-0.2, 0) is 4.79 Å². The molecular formula is C10H18O2. The fourth-order valence-electron chi connectivity index (χ4n) is 1.21.